The number of ether oxygens (including phenoxy) is 1. The number of hydrogen-bond donors (Lipinski definition) is 1. The number of aromatic nitrogens is 2. The lowest BCUT2D eigenvalue weighted by molar-refractivity contribution is -0.141. The molecular weight excluding hydrogens is 326 g/mol. The molecule has 1 atom stereocenters. The van der Waals surface area contributed by atoms with Crippen molar-refractivity contribution in [3.63, 3.8) is 0 Å². The van der Waals surface area contributed by atoms with Crippen LogP contribution in [0.2, 0.25) is 5.02 Å². The summed E-state index contributed by atoms with van der Waals surface area (Å²) in [6.07, 6.45) is -6.83. The van der Waals surface area contributed by atoms with Gasteiger partial charge in [-0.1, -0.05) is 23.7 Å². The van der Waals surface area contributed by atoms with E-state index in [1.54, 1.807) is 0 Å². The first-order chi connectivity index (χ1) is 10.2. The normalized spacial score (nSPS) is 13.0. The zero-order chi connectivity index (χ0) is 16.5. The van der Waals surface area contributed by atoms with Crippen molar-refractivity contribution in [2.75, 3.05) is 12.8 Å². The molecule has 1 aromatic carbocycles. The molecular formula is C13H10ClF4N3O. The molecule has 0 amide bonds. The fraction of sp³-hybridized carbons (Fsp3) is 0.231. The molecule has 0 aliphatic heterocycles. The van der Waals surface area contributed by atoms with Crippen molar-refractivity contribution in [3.05, 3.63) is 46.4 Å². The molecule has 9 heteroatoms. The molecule has 4 nitrogen and oxygen atoms in total. The molecule has 0 saturated carbocycles. The van der Waals surface area contributed by atoms with Crippen molar-refractivity contribution in [3.8, 4) is 5.88 Å². The van der Waals surface area contributed by atoms with Gasteiger partial charge in [0.2, 0.25) is 5.88 Å². The minimum atomic E-state index is -4.76. The summed E-state index contributed by atoms with van der Waals surface area (Å²) in [6, 6.07) is 4.73. The largest absolute Gasteiger partial charge is 0.481 e. The molecule has 2 aromatic rings. The molecule has 0 saturated heterocycles. The van der Waals surface area contributed by atoms with Gasteiger partial charge in [-0.15, -0.1) is 0 Å². The van der Waals surface area contributed by atoms with Gasteiger partial charge in [0.05, 0.1) is 17.8 Å². The summed E-state index contributed by atoms with van der Waals surface area (Å²) >= 11 is 5.77. The van der Waals surface area contributed by atoms with Gasteiger partial charge >= 0.3 is 6.18 Å². The molecule has 118 valence electrons. The summed E-state index contributed by atoms with van der Waals surface area (Å²) in [5.41, 5.74) is 4.12. The molecule has 2 rings (SSSR count). The molecule has 0 spiro atoms. The molecule has 1 aromatic heterocycles. The van der Waals surface area contributed by atoms with Crippen molar-refractivity contribution in [2.24, 2.45) is 0 Å². The Labute approximate surface area is 127 Å². The standard InChI is InChI=1S/C13H10ClF4N3O/c1-22-9-5-8(13(16,17)18)20-12(21-9)10(15)6-3-2-4-7(14)11(6)19/h2-5,10H,19H2,1H3. The van der Waals surface area contributed by atoms with E-state index >= 15 is 0 Å². The quantitative estimate of drug-likeness (QED) is 0.684. The predicted molar refractivity (Wildman–Crippen MR) is 72.4 cm³/mol. The van der Waals surface area contributed by atoms with Crippen molar-refractivity contribution < 1.29 is 22.3 Å². The smallest absolute Gasteiger partial charge is 0.433 e. The van der Waals surface area contributed by atoms with Gasteiger partial charge in [-0.3, -0.25) is 0 Å². The Morgan fingerprint density at radius 3 is 2.55 bits per heavy atom. The lowest BCUT2D eigenvalue weighted by Crippen LogP contribution is -2.13. The van der Waals surface area contributed by atoms with Gasteiger partial charge in [0.1, 0.15) is 0 Å². The summed E-state index contributed by atoms with van der Waals surface area (Å²) in [5, 5.41) is 0.0825. The number of nitrogen functional groups attached to an aromatic ring is 1. The highest BCUT2D eigenvalue weighted by Gasteiger charge is 2.35. The zero-order valence-corrected chi connectivity index (χ0v) is 11.9. The number of hydrogen-bond acceptors (Lipinski definition) is 4. The highest BCUT2D eigenvalue weighted by Crippen LogP contribution is 2.35. The van der Waals surface area contributed by atoms with Crippen molar-refractivity contribution in [1.82, 2.24) is 9.97 Å². The van der Waals surface area contributed by atoms with Crippen LogP contribution in [0.25, 0.3) is 0 Å². The number of anilines is 1. The number of nitrogens with two attached hydrogens (primary N) is 1. The summed E-state index contributed by atoms with van der Waals surface area (Å²) in [6.45, 7) is 0. The summed E-state index contributed by atoms with van der Waals surface area (Å²) in [7, 11) is 1.12. The second-order valence-electron chi connectivity index (χ2n) is 4.26. The molecule has 0 fully saturated rings. The number of rotatable bonds is 3. The lowest BCUT2D eigenvalue weighted by Gasteiger charge is -2.14. The van der Waals surface area contributed by atoms with E-state index in [4.69, 9.17) is 17.3 Å². The van der Waals surface area contributed by atoms with Crippen LogP contribution in [0.15, 0.2) is 24.3 Å². The Bertz CT molecular complexity index is 693. The van der Waals surface area contributed by atoms with Crippen molar-refractivity contribution in [2.45, 2.75) is 12.3 Å². The number of benzene rings is 1. The molecule has 1 unspecified atom stereocenters. The Balaban J connectivity index is 2.53. The van der Waals surface area contributed by atoms with Gasteiger partial charge in [-0.05, 0) is 6.07 Å². The van der Waals surface area contributed by atoms with Crippen molar-refractivity contribution >= 4 is 17.3 Å². The minimum Gasteiger partial charge on any atom is -0.481 e. The van der Waals surface area contributed by atoms with E-state index in [-0.39, 0.29) is 16.3 Å². The predicted octanol–water partition coefficient (Wildman–Crippen LogP) is 3.80. The molecule has 0 bridgehead atoms. The average molecular weight is 336 g/mol. The highest BCUT2D eigenvalue weighted by molar-refractivity contribution is 6.33. The van der Waals surface area contributed by atoms with Crippen LogP contribution in [0.3, 0.4) is 0 Å². The van der Waals surface area contributed by atoms with Gasteiger partial charge < -0.3 is 10.5 Å². The van der Waals surface area contributed by atoms with E-state index in [9.17, 15) is 17.6 Å². The Morgan fingerprint density at radius 1 is 1.27 bits per heavy atom. The van der Waals surface area contributed by atoms with Gasteiger partial charge in [0.15, 0.2) is 17.7 Å². The number of nitrogens with zero attached hydrogens (tertiary/aromatic N) is 2. The molecule has 1 heterocycles. The molecule has 0 radical (unpaired) electrons. The maximum atomic E-state index is 14.5. The van der Waals surface area contributed by atoms with Crippen LogP contribution in [0, 0.1) is 0 Å². The topological polar surface area (TPSA) is 61.0 Å². The summed E-state index contributed by atoms with van der Waals surface area (Å²) in [4.78, 5) is 6.82. The zero-order valence-electron chi connectivity index (χ0n) is 11.2. The minimum absolute atomic E-state index is 0.0825. The first-order valence-corrected chi connectivity index (χ1v) is 6.30. The van der Waals surface area contributed by atoms with Crippen LogP contribution in [0.5, 0.6) is 5.88 Å². The summed E-state index contributed by atoms with van der Waals surface area (Å²) in [5.74, 6) is -1.11. The molecule has 22 heavy (non-hydrogen) atoms. The molecule has 0 aliphatic rings. The Morgan fingerprint density at radius 2 is 1.95 bits per heavy atom. The van der Waals surface area contributed by atoms with Crippen LogP contribution in [-0.2, 0) is 6.18 Å². The average Bonchev–Trinajstić information content (AvgIpc) is 2.48. The number of methoxy groups -OCH3 is 1. The Kier molecular flexibility index (Phi) is 4.41. The maximum Gasteiger partial charge on any atom is 0.433 e. The maximum absolute atomic E-state index is 14.5. The van der Waals surface area contributed by atoms with Gasteiger partial charge in [0, 0.05) is 11.6 Å². The first kappa shape index (κ1) is 16.3. The SMILES string of the molecule is COc1cc(C(F)(F)F)nc(C(F)c2cccc(Cl)c2N)n1. The second kappa shape index (κ2) is 5.96. The van der Waals surface area contributed by atoms with E-state index < -0.39 is 29.7 Å². The van der Waals surface area contributed by atoms with Gasteiger partial charge in [-0.25, -0.2) is 9.37 Å². The van der Waals surface area contributed by atoms with Crippen LogP contribution in [0.1, 0.15) is 23.3 Å². The first-order valence-electron chi connectivity index (χ1n) is 5.92. The van der Waals surface area contributed by atoms with Crippen LogP contribution in [0.4, 0.5) is 23.2 Å². The fourth-order valence-electron chi connectivity index (χ4n) is 1.72. The van der Waals surface area contributed by atoms with Crippen LogP contribution < -0.4 is 10.5 Å². The van der Waals surface area contributed by atoms with E-state index in [1.165, 1.54) is 18.2 Å². The highest BCUT2D eigenvalue weighted by atomic mass is 35.5. The monoisotopic (exact) mass is 335 g/mol. The number of halogens is 5. The van der Waals surface area contributed by atoms with E-state index in [0.717, 1.165) is 7.11 Å². The lowest BCUT2D eigenvalue weighted by atomic mass is 10.1. The van der Waals surface area contributed by atoms with E-state index in [2.05, 4.69) is 14.7 Å². The van der Waals surface area contributed by atoms with E-state index in [1.807, 2.05) is 0 Å². The van der Waals surface area contributed by atoms with Crippen LogP contribution >= 0.6 is 11.6 Å². The third-order valence-corrected chi connectivity index (χ3v) is 3.14. The third kappa shape index (κ3) is 3.22. The molecule has 2 N–H and O–H groups in total. The van der Waals surface area contributed by atoms with E-state index in [0.29, 0.717) is 6.07 Å². The van der Waals surface area contributed by atoms with Gasteiger partial charge in [0.25, 0.3) is 0 Å². The number of alkyl halides is 4. The Hall–Kier alpha value is -2.09. The fourth-order valence-corrected chi connectivity index (χ4v) is 1.90. The van der Waals surface area contributed by atoms with Crippen LogP contribution in [-0.4, -0.2) is 17.1 Å². The van der Waals surface area contributed by atoms with Gasteiger partial charge in [-0.2, -0.15) is 18.2 Å². The third-order valence-electron chi connectivity index (χ3n) is 2.81. The van der Waals surface area contributed by atoms with Crippen molar-refractivity contribution in [1.29, 1.82) is 0 Å². The summed E-state index contributed by atoms with van der Waals surface area (Å²) < 4.78 is 57.5. The number of para-hydroxylation sites is 1. The molecule has 0 aliphatic carbocycles. The second-order valence-corrected chi connectivity index (χ2v) is 4.66.